The van der Waals surface area contributed by atoms with Gasteiger partial charge in [-0.3, -0.25) is 14.4 Å². The molecule has 1 rings (SSSR count). The second kappa shape index (κ2) is 13.2. The highest BCUT2D eigenvalue weighted by Gasteiger charge is 2.41. The molecule has 5 heteroatoms. The van der Waals surface area contributed by atoms with Gasteiger partial charge in [0.2, 0.25) is 0 Å². The molecule has 1 atom stereocenters. The summed E-state index contributed by atoms with van der Waals surface area (Å²) in [5, 5.41) is 0. The van der Waals surface area contributed by atoms with E-state index in [-0.39, 0.29) is 18.1 Å². The summed E-state index contributed by atoms with van der Waals surface area (Å²) in [4.78, 5) is 38.9. The average Bonchev–Trinajstić information content (AvgIpc) is 2.59. The first-order valence-electron chi connectivity index (χ1n) is 12.4. The summed E-state index contributed by atoms with van der Waals surface area (Å²) in [6, 6.07) is 0. The maximum Gasteiger partial charge on any atom is 0.321 e. The molecule has 0 aromatic rings. The maximum absolute atomic E-state index is 13.1. The van der Waals surface area contributed by atoms with Crippen molar-refractivity contribution >= 4 is 17.7 Å². The smallest absolute Gasteiger partial charge is 0.321 e. The molecule has 0 aromatic carbocycles. The van der Waals surface area contributed by atoms with Gasteiger partial charge in [-0.1, -0.05) is 57.8 Å². The number of carbonyl (C=O) groups excluding carboxylic acids is 3. The molecule has 0 amide bonds. The zero-order valence-electron chi connectivity index (χ0n) is 20.9. The summed E-state index contributed by atoms with van der Waals surface area (Å²) in [5.41, 5.74) is -1.41. The predicted octanol–water partition coefficient (Wildman–Crippen LogP) is 6.56. The molecule has 0 aromatic heterocycles. The van der Waals surface area contributed by atoms with Crippen LogP contribution in [-0.2, 0) is 23.9 Å². The molecule has 1 fully saturated rings. The summed E-state index contributed by atoms with van der Waals surface area (Å²) in [5.74, 6) is -2.44. The summed E-state index contributed by atoms with van der Waals surface area (Å²) >= 11 is 0. The topological polar surface area (TPSA) is 69.7 Å². The molecule has 1 saturated carbocycles. The van der Waals surface area contributed by atoms with Gasteiger partial charge in [0.05, 0.1) is 0 Å². The van der Waals surface area contributed by atoms with E-state index in [1.165, 1.54) is 32.1 Å². The first-order valence-corrected chi connectivity index (χ1v) is 12.4. The Kier molecular flexibility index (Phi) is 11.8. The van der Waals surface area contributed by atoms with E-state index < -0.39 is 29.1 Å². The zero-order valence-corrected chi connectivity index (χ0v) is 20.9. The van der Waals surface area contributed by atoms with Crippen molar-refractivity contribution in [2.75, 3.05) is 0 Å². The lowest BCUT2D eigenvalue weighted by atomic mass is 9.82. The van der Waals surface area contributed by atoms with Gasteiger partial charge in [-0.05, 0) is 60.3 Å². The first kappa shape index (κ1) is 27.6. The van der Waals surface area contributed by atoms with E-state index in [1.54, 1.807) is 41.5 Å². The van der Waals surface area contributed by atoms with Crippen LogP contribution in [0.5, 0.6) is 0 Å². The van der Waals surface area contributed by atoms with Crippen molar-refractivity contribution in [1.29, 1.82) is 0 Å². The number of carbonyl (C=O) groups is 3. The standard InChI is InChI=1S/C26H46O5/c1-25(2,3)30-23(28)22(24(29)31-26(4,5)6)20-17-15-13-11-9-7-8-10-12-14-16-18-21(27)19-20/h20,22H,7-19H2,1-6H3/t20-/m0/s1. The minimum absolute atomic E-state index is 0.136. The largest absolute Gasteiger partial charge is 0.459 e. The SMILES string of the molecule is CC(C)(C)OC(=O)C(C(=O)OC(C)(C)C)[C@H]1CCCCCCCCCCCCC(=O)C1. The number of ketones is 1. The molecule has 0 bridgehead atoms. The van der Waals surface area contributed by atoms with Gasteiger partial charge < -0.3 is 9.47 Å². The van der Waals surface area contributed by atoms with E-state index in [1.807, 2.05) is 0 Å². The molecule has 31 heavy (non-hydrogen) atoms. The molecule has 5 nitrogen and oxygen atoms in total. The summed E-state index contributed by atoms with van der Waals surface area (Å²) < 4.78 is 11.2. The minimum Gasteiger partial charge on any atom is -0.459 e. The highest BCUT2D eigenvalue weighted by atomic mass is 16.6. The second-order valence-corrected chi connectivity index (χ2v) is 11.1. The Labute approximate surface area is 190 Å². The second-order valence-electron chi connectivity index (χ2n) is 11.1. The Morgan fingerprint density at radius 2 is 1.10 bits per heavy atom. The molecule has 0 aliphatic heterocycles. The van der Waals surface area contributed by atoms with E-state index >= 15 is 0 Å². The Morgan fingerprint density at radius 3 is 1.52 bits per heavy atom. The fourth-order valence-electron chi connectivity index (χ4n) is 4.14. The van der Waals surface area contributed by atoms with Gasteiger partial charge in [-0.15, -0.1) is 0 Å². The minimum atomic E-state index is -1.06. The molecule has 180 valence electrons. The van der Waals surface area contributed by atoms with Gasteiger partial charge in [0.15, 0.2) is 5.92 Å². The van der Waals surface area contributed by atoms with E-state index in [0.717, 1.165) is 32.1 Å². The van der Waals surface area contributed by atoms with Crippen molar-refractivity contribution in [1.82, 2.24) is 0 Å². The normalized spacial score (nSPS) is 21.1. The number of hydrogen-bond acceptors (Lipinski definition) is 5. The zero-order chi connectivity index (χ0) is 23.5. The average molecular weight is 439 g/mol. The highest BCUT2D eigenvalue weighted by molar-refractivity contribution is 5.96. The third-order valence-electron chi connectivity index (χ3n) is 5.56. The van der Waals surface area contributed by atoms with E-state index in [9.17, 15) is 14.4 Å². The Morgan fingerprint density at radius 1 is 0.710 bits per heavy atom. The molecule has 0 N–H and O–H groups in total. The Bertz CT molecular complexity index is 539. The third-order valence-corrected chi connectivity index (χ3v) is 5.56. The van der Waals surface area contributed by atoms with Crippen molar-refractivity contribution in [3.63, 3.8) is 0 Å². The van der Waals surface area contributed by atoms with Crippen LogP contribution >= 0.6 is 0 Å². The van der Waals surface area contributed by atoms with Crippen LogP contribution in [0.15, 0.2) is 0 Å². The number of esters is 2. The van der Waals surface area contributed by atoms with Crippen LogP contribution in [0.25, 0.3) is 0 Å². The molecule has 0 heterocycles. The lowest BCUT2D eigenvalue weighted by Crippen LogP contribution is -2.41. The van der Waals surface area contributed by atoms with Crippen molar-refractivity contribution in [3.05, 3.63) is 0 Å². The van der Waals surface area contributed by atoms with Crippen molar-refractivity contribution < 1.29 is 23.9 Å². The van der Waals surface area contributed by atoms with Gasteiger partial charge in [-0.25, -0.2) is 0 Å². The monoisotopic (exact) mass is 438 g/mol. The van der Waals surface area contributed by atoms with Gasteiger partial charge in [-0.2, -0.15) is 0 Å². The van der Waals surface area contributed by atoms with Gasteiger partial charge in [0.1, 0.15) is 17.0 Å². The number of hydrogen-bond donors (Lipinski definition) is 0. The summed E-state index contributed by atoms with van der Waals surface area (Å²) in [6.07, 6.45) is 12.7. The quantitative estimate of drug-likeness (QED) is 0.369. The molecular formula is C26H46O5. The lowest BCUT2D eigenvalue weighted by Gasteiger charge is -2.30. The van der Waals surface area contributed by atoms with Crippen molar-refractivity contribution in [2.45, 2.75) is 136 Å². The van der Waals surface area contributed by atoms with Crippen LogP contribution in [-0.4, -0.2) is 28.9 Å². The maximum atomic E-state index is 13.1. The van der Waals surface area contributed by atoms with Crippen molar-refractivity contribution in [3.8, 4) is 0 Å². The number of Topliss-reactive ketones (excluding diaryl/α,β-unsaturated/α-hetero) is 1. The third kappa shape index (κ3) is 12.9. The first-order chi connectivity index (χ1) is 14.4. The number of ether oxygens (including phenoxy) is 2. The van der Waals surface area contributed by atoms with Gasteiger partial charge in [0, 0.05) is 12.8 Å². The fraction of sp³-hybridized carbons (Fsp3) is 0.885. The summed E-state index contributed by atoms with van der Waals surface area (Å²) in [6.45, 7) is 10.7. The van der Waals surface area contributed by atoms with Gasteiger partial charge in [0.25, 0.3) is 0 Å². The number of rotatable bonds is 3. The molecule has 1 aliphatic carbocycles. The molecule has 0 radical (unpaired) electrons. The molecule has 0 spiro atoms. The molecule has 0 unspecified atom stereocenters. The van der Waals surface area contributed by atoms with Crippen LogP contribution < -0.4 is 0 Å². The van der Waals surface area contributed by atoms with Crippen LogP contribution in [0.3, 0.4) is 0 Å². The predicted molar refractivity (Wildman–Crippen MR) is 124 cm³/mol. The Balaban J connectivity index is 3.05. The molecule has 1 aliphatic rings. The highest BCUT2D eigenvalue weighted by Crippen LogP contribution is 2.30. The van der Waals surface area contributed by atoms with Crippen LogP contribution in [0, 0.1) is 11.8 Å². The van der Waals surface area contributed by atoms with E-state index in [2.05, 4.69) is 0 Å². The Hall–Kier alpha value is -1.39. The fourth-order valence-corrected chi connectivity index (χ4v) is 4.14. The lowest BCUT2D eigenvalue weighted by molar-refractivity contribution is -0.177. The van der Waals surface area contributed by atoms with Crippen LogP contribution in [0.1, 0.15) is 125 Å². The van der Waals surface area contributed by atoms with Crippen LogP contribution in [0.2, 0.25) is 0 Å². The van der Waals surface area contributed by atoms with E-state index in [0.29, 0.717) is 12.8 Å². The molecular weight excluding hydrogens is 392 g/mol. The van der Waals surface area contributed by atoms with Gasteiger partial charge >= 0.3 is 11.9 Å². The molecule has 0 saturated heterocycles. The van der Waals surface area contributed by atoms with Crippen LogP contribution in [0.4, 0.5) is 0 Å². The summed E-state index contributed by atoms with van der Waals surface area (Å²) in [7, 11) is 0. The van der Waals surface area contributed by atoms with E-state index in [4.69, 9.17) is 9.47 Å². The van der Waals surface area contributed by atoms with Crippen molar-refractivity contribution in [2.24, 2.45) is 11.8 Å².